The monoisotopic (exact) mass is 408 g/mol. The first-order valence-corrected chi connectivity index (χ1v) is 11.8. The molecule has 3 atom stereocenters. The summed E-state index contributed by atoms with van der Waals surface area (Å²) in [5.41, 5.74) is 0.991. The van der Waals surface area contributed by atoms with Crippen molar-refractivity contribution >= 4 is 15.9 Å². The van der Waals surface area contributed by atoms with Crippen LogP contribution < -0.4 is 4.72 Å². The van der Waals surface area contributed by atoms with Gasteiger partial charge in [0.15, 0.2) is 0 Å². The van der Waals surface area contributed by atoms with Gasteiger partial charge in [-0.25, -0.2) is 8.42 Å². The lowest BCUT2D eigenvalue weighted by molar-refractivity contribution is -0.151. The maximum Gasteiger partial charge on any atom is 0.241 e. The number of hydrogen-bond donors (Lipinski definition) is 1. The van der Waals surface area contributed by atoms with E-state index in [0.29, 0.717) is 19.6 Å². The van der Waals surface area contributed by atoms with Crippen molar-refractivity contribution < 1.29 is 17.9 Å². The number of carbonyl (C=O) groups is 1. The Balaban J connectivity index is 1.80. The van der Waals surface area contributed by atoms with E-state index in [9.17, 15) is 13.2 Å². The van der Waals surface area contributed by atoms with Crippen molar-refractivity contribution in [3.8, 4) is 0 Å². The van der Waals surface area contributed by atoms with Gasteiger partial charge in [0.25, 0.3) is 0 Å². The van der Waals surface area contributed by atoms with Gasteiger partial charge in [0.2, 0.25) is 15.9 Å². The highest BCUT2D eigenvalue weighted by atomic mass is 32.2. The van der Waals surface area contributed by atoms with Gasteiger partial charge in [0.05, 0.1) is 23.6 Å². The molecule has 0 spiro atoms. The number of amides is 1. The number of rotatable bonds is 6. The second kappa shape index (κ2) is 8.93. The van der Waals surface area contributed by atoms with E-state index in [4.69, 9.17) is 4.74 Å². The smallest absolute Gasteiger partial charge is 0.241 e. The summed E-state index contributed by atoms with van der Waals surface area (Å²) in [6.45, 7) is 6.97. The molecule has 1 amide bonds. The molecule has 3 unspecified atom stereocenters. The quantitative estimate of drug-likeness (QED) is 0.785. The van der Waals surface area contributed by atoms with Crippen LogP contribution >= 0.6 is 0 Å². The van der Waals surface area contributed by atoms with Crippen LogP contribution in [0.3, 0.4) is 0 Å². The number of nitrogens with one attached hydrogen (secondary N) is 1. The molecule has 1 aromatic carbocycles. The van der Waals surface area contributed by atoms with Crippen LogP contribution in [-0.4, -0.2) is 50.6 Å². The molecule has 7 heteroatoms. The Labute approximate surface area is 168 Å². The lowest BCUT2D eigenvalue weighted by Gasteiger charge is -2.45. The number of aryl methyl sites for hydroxylation is 1. The minimum atomic E-state index is -3.76. The number of fused-ring (bicyclic) bond motifs is 1. The highest BCUT2D eigenvalue weighted by Gasteiger charge is 2.40. The lowest BCUT2D eigenvalue weighted by atomic mass is 9.89. The summed E-state index contributed by atoms with van der Waals surface area (Å²) in [6.07, 6.45) is 4.66. The summed E-state index contributed by atoms with van der Waals surface area (Å²) in [5, 5.41) is 0. The van der Waals surface area contributed by atoms with Crippen molar-refractivity contribution in [3.05, 3.63) is 29.8 Å². The third kappa shape index (κ3) is 4.93. The summed E-state index contributed by atoms with van der Waals surface area (Å²) in [5.74, 6) is 0.0717. The average molecular weight is 409 g/mol. The van der Waals surface area contributed by atoms with Crippen molar-refractivity contribution in [3.63, 3.8) is 0 Å². The van der Waals surface area contributed by atoms with Gasteiger partial charge in [-0.1, -0.05) is 44.4 Å². The zero-order chi connectivity index (χ0) is 20.3. The number of ether oxygens (including phenoxy) is 1. The van der Waals surface area contributed by atoms with Crippen LogP contribution in [-0.2, 0) is 19.6 Å². The molecule has 1 saturated carbocycles. The highest BCUT2D eigenvalue weighted by Crippen LogP contribution is 2.29. The summed E-state index contributed by atoms with van der Waals surface area (Å²) < 4.78 is 34.4. The summed E-state index contributed by atoms with van der Waals surface area (Å²) in [6, 6.07) is 6.01. The van der Waals surface area contributed by atoms with Crippen LogP contribution in [0.25, 0.3) is 0 Å². The average Bonchev–Trinajstić information content (AvgIpc) is 2.66. The second-order valence-electron chi connectivity index (χ2n) is 8.41. The van der Waals surface area contributed by atoms with Gasteiger partial charge in [-0.05, 0) is 44.2 Å². The van der Waals surface area contributed by atoms with Crippen molar-refractivity contribution in [2.45, 2.75) is 76.0 Å². The SMILES string of the molecule is Cc1ccc(S(=O)(=O)NC(CC(C)C)C(=O)N2CCOC3CCCCC32)cc1. The molecule has 1 saturated heterocycles. The van der Waals surface area contributed by atoms with E-state index in [1.165, 1.54) is 0 Å². The summed E-state index contributed by atoms with van der Waals surface area (Å²) in [4.78, 5) is 15.5. The standard InChI is InChI=1S/C21H32N2O4S/c1-15(2)14-18(22-28(25,26)17-10-8-16(3)9-11-17)21(24)23-12-13-27-20-7-5-4-6-19(20)23/h8-11,15,18-20,22H,4-7,12-14H2,1-3H3. The van der Waals surface area contributed by atoms with Gasteiger partial charge >= 0.3 is 0 Å². The van der Waals surface area contributed by atoms with Crippen LogP contribution in [0.4, 0.5) is 0 Å². The van der Waals surface area contributed by atoms with Crippen molar-refractivity contribution in [2.24, 2.45) is 5.92 Å². The Morgan fingerprint density at radius 1 is 1.21 bits per heavy atom. The Morgan fingerprint density at radius 3 is 2.57 bits per heavy atom. The zero-order valence-electron chi connectivity index (χ0n) is 17.1. The fourth-order valence-electron chi connectivity index (χ4n) is 4.21. The molecule has 1 aliphatic heterocycles. The van der Waals surface area contributed by atoms with E-state index in [0.717, 1.165) is 31.2 Å². The maximum absolute atomic E-state index is 13.4. The first-order valence-electron chi connectivity index (χ1n) is 10.3. The van der Waals surface area contributed by atoms with E-state index < -0.39 is 16.1 Å². The molecule has 1 aromatic rings. The highest BCUT2D eigenvalue weighted by molar-refractivity contribution is 7.89. The molecule has 1 heterocycles. The number of carbonyl (C=O) groups excluding carboxylic acids is 1. The van der Waals surface area contributed by atoms with E-state index in [2.05, 4.69) is 4.72 Å². The molecule has 2 aliphatic rings. The molecular formula is C21H32N2O4S. The summed E-state index contributed by atoms with van der Waals surface area (Å²) >= 11 is 0. The predicted octanol–water partition coefficient (Wildman–Crippen LogP) is 2.86. The van der Waals surface area contributed by atoms with Crippen LogP contribution in [0.1, 0.15) is 51.5 Å². The Bertz CT molecular complexity index is 774. The topological polar surface area (TPSA) is 75.7 Å². The van der Waals surface area contributed by atoms with Crippen molar-refractivity contribution in [2.75, 3.05) is 13.2 Å². The third-order valence-corrected chi connectivity index (χ3v) is 7.14. The van der Waals surface area contributed by atoms with E-state index in [-0.39, 0.29) is 28.9 Å². The van der Waals surface area contributed by atoms with Crippen LogP contribution in [0.15, 0.2) is 29.2 Å². The minimum absolute atomic E-state index is 0.0635. The fraction of sp³-hybridized carbons (Fsp3) is 0.667. The van der Waals surface area contributed by atoms with Gasteiger partial charge in [0, 0.05) is 6.54 Å². The molecule has 28 heavy (non-hydrogen) atoms. The lowest BCUT2D eigenvalue weighted by Crippen LogP contribution is -2.59. The van der Waals surface area contributed by atoms with E-state index in [1.54, 1.807) is 24.3 Å². The molecule has 2 fully saturated rings. The Hall–Kier alpha value is -1.44. The third-order valence-electron chi connectivity index (χ3n) is 5.65. The fourth-order valence-corrected chi connectivity index (χ4v) is 5.42. The molecule has 1 aliphatic carbocycles. The Kier molecular flexibility index (Phi) is 6.78. The largest absolute Gasteiger partial charge is 0.374 e. The van der Waals surface area contributed by atoms with Gasteiger partial charge in [-0.3, -0.25) is 4.79 Å². The molecule has 3 rings (SSSR count). The number of nitrogens with zero attached hydrogens (tertiary/aromatic N) is 1. The molecule has 156 valence electrons. The number of benzene rings is 1. The van der Waals surface area contributed by atoms with E-state index in [1.807, 2.05) is 25.7 Å². The van der Waals surface area contributed by atoms with E-state index >= 15 is 0 Å². The number of morpholine rings is 1. The first kappa shape index (κ1) is 21.3. The molecule has 6 nitrogen and oxygen atoms in total. The number of sulfonamides is 1. The van der Waals surface area contributed by atoms with Crippen LogP contribution in [0.2, 0.25) is 0 Å². The molecule has 0 aromatic heterocycles. The molecule has 1 N–H and O–H groups in total. The zero-order valence-corrected chi connectivity index (χ0v) is 17.9. The molecular weight excluding hydrogens is 376 g/mol. The van der Waals surface area contributed by atoms with Gasteiger partial charge < -0.3 is 9.64 Å². The van der Waals surface area contributed by atoms with Gasteiger partial charge in [0.1, 0.15) is 6.04 Å². The predicted molar refractivity (Wildman–Crippen MR) is 108 cm³/mol. The maximum atomic E-state index is 13.4. The van der Waals surface area contributed by atoms with Crippen molar-refractivity contribution in [1.82, 2.24) is 9.62 Å². The van der Waals surface area contributed by atoms with Crippen LogP contribution in [0.5, 0.6) is 0 Å². The molecule has 0 radical (unpaired) electrons. The summed E-state index contributed by atoms with van der Waals surface area (Å²) in [7, 11) is -3.76. The van der Waals surface area contributed by atoms with Crippen LogP contribution in [0, 0.1) is 12.8 Å². The van der Waals surface area contributed by atoms with Gasteiger partial charge in [-0.2, -0.15) is 4.72 Å². The molecule has 0 bridgehead atoms. The first-order chi connectivity index (χ1) is 13.3. The second-order valence-corrected chi connectivity index (χ2v) is 10.1. The van der Waals surface area contributed by atoms with Crippen molar-refractivity contribution in [1.29, 1.82) is 0 Å². The number of hydrogen-bond acceptors (Lipinski definition) is 4. The minimum Gasteiger partial charge on any atom is -0.374 e. The Morgan fingerprint density at radius 2 is 1.89 bits per heavy atom. The normalized spacial score (nSPS) is 24.1. The van der Waals surface area contributed by atoms with Gasteiger partial charge in [-0.15, -0.1) is 0 Å².